The van der Waals surface area contributed by atoms with Crippen molar-refractivity contribution in [3.63, 3.8) is 0 Å². The first-order valence-electron chi connectivity index (χ1n) is 8.52. The first kappa shape index (κ1) is 18.5. The maximum absolute atomic E-state index is 9.67. The van der Waals surface area contributed by atoms with Crippen LogP contribution in [0.25, 0.3) is 11.4 Å². The zero-order chi connectivity index (χ0) is 19.1. The molecule has 9 heteroatoms. The number of aromatic nitrogens is 5. The molecule has 3 aromatic heterocycles. The molecule has 9 nitrogen and oxygen atoms in total. The normalized spacial score (nSPS) is 11.7. The SMILES string of the molecule is CCC(O)CNc1cc(-c2ncnc(Nc3ccc(OC)nc3)n2)ccn1. The van der Waals surface area contributed by atoms with E-state index in [1.807, 2.05) is 25.1 Å². The van der Waals surface area contributed by atoms with E-state index < -0.39 is 6.10 Å². The molecular formula is C18H21N7O2. The summed E-state index contributed by atoms with van der Waals surface area (Å²) in [5.74, 6) is 2.09. The van der Waals surface area contributed by atoms with Gasteiger partial charge in [-0.25, -0.2) is 19.9 Å². The lowest BCUT2D eigenvalue weighted by molar-refractivity contribution is 0.183. The van der Waals surface area contributed by atoms with Gasteiger partial charge in [0.1, 0.15) is 12.1 Å². The van der Waals surface area contributed by atoms with Crippen molar-refractivity contribution in [3.8, 4) is 17.3 Å². The number of ether oxygens (including phenoxy) is 1. The molecule has 0 bridgehead atoms. The maximum atomic E-state index is 9.67. The lowest BCUT2D eigenvalue weighted by Gasteiger charge is -2.11. The molecule has 3 rings (SSSR count). The fraction of sp³-hybridized carbons (Fsp3) is 0.278. The topological polar surface area (TPSA) is 118 Å². The number of aliphatic hydroxyl groups excluding tert-OH is 1. The highest BCUT2D eigenvalue weighted by atomic mass is 16.5. The standard InChI is InChI=1S/C18H21N7O2/c1-3-14(26)10-20-15-8-12(6-7-19-15)17-22-11-23-18(25-17)24-13-4-5-16(27-2)21-9-13/h4-9,11,14,26H,3,10H2,1-2H3,(H,19,20)(H,22,23,24,25). The highest BCUT2D eigenvalue weighted by molar-refractivity contribution is 5.61. The Morgan fingerprint density at radius 3 is 2.78 bits per heavy atom. The number of hydrogen-bond donors (Lipinski definition) is 3. The Hall–Kier alpha value is -3.33. The lowest BCUT2D eigenvalue weighted by atomic mass is 10.2. The van der Waals surface area contributed by atoms with Crippen LogP contribution in [0.15, 0.2) is 43.0 Å². The molecule has 1 atom stereocenters. The van der Waals surface area contributed by atoms with E-state index in [9.17, 15) is 5.11 Å². The van der Waals surface area contributed by atoms with Crippen molar-refractivity contribution < 1.29 is 9.84 Å². The largest absolute Gasteiger partial charge is 0.481 e. The minimum absolute atomic E-state index is 0.402. The Morgan fingerprint density at radius 1 is 1.15 bits per heavy atom. The minimum Gasteiger partial charge on any atom is -0.481 e. The molecule has 0 aliphatic carbocycles. The molecule has 0 aromatic carbocycles. The van der Waals surface area contributed by atoms with Gasteiger partial charge in [0.2, 0.25) is 11.8 Å². The van der Waals surface area contributed by atoms with E-state index in [2.05, 4.69) is 35.6 Å². The Balaban J connectivity index is 1.74. The zero-order valence-corrected chi connectivity index (χ0v) is 15.1. The Kier molecular flexibility index (Phi) is 6.06. The highest BCUT2D eigenvalue weighted by Crippen LogP contribution is 2.20. The van der Waals surface area contributed by atoms with Crippen molar-refractivity contribution in [1.82, 2.24) is 24.9 Å². The van der Waals surface area contributed by atoms with Gasteiger partial charge in [-0.05, 0) is 24.6 Å². The molecule has 0 saturated heterocycles. The second-order valence-corrected chi connectivity index (χ2v) is 5.72. The van der Waals surface area contributed by atoms with Gasteiger partial charge in [-0.2, -0.15) is 4.98 Å². The van der Waals surface area contributed by atoms with Crippen LogP contribution in [0.5, 0.6) is 5.88 Å². The van der Waals surface area contributed by atoms with E-state index in [1.165, 1.54) is 6.33 Å². The summed E-state index contributed by atoms with van der Waals surface area (Å²) >= 11 is 0. The summed E-state index contributed by atoms with van der Waals surface area (Å²) in [6.45, 7) is 2.36. The van der Waals surface area contributed by atoms with Crippen LogP contribution in [0.2, 0.25) is 0 Å². The quantitative estimate of drug-likeness (QED) is 0.551. The van der Waals surface area contributed by atoms with Crippen molar-refractivity contribution in [3.05, 3.63) is 43.0 Å². The number of nitrogens with one attached hydrogen (secondary N) is 2. The summed E-state index contributed by atoms with van der Waals surface area (Å²) in [6, 6.07) is 7.21. The third-order valence-electron chi connectivity index (χ3n) is 3.78. The van der Waals surface area contributed by atoms with Crippen molar-refractivity contribution in [2.24, 2.45) is 0 Å². The third kappa shape index (κ3) is 5.08. The second-order valence-electron chi connectivity index (χ2n) is 5.72. The molecular weight excluding hydrogens is 346 g/mol. The van der Waals surface area contributed by atoms with Crippen LogP contribution in [0.1, 0.15) is 13.3 Å². The van der Waals surface area contributed by atoms with Gasteiger partial charge in [-0.15, -0.1) is 0 Å². The third-order valence-corrected chi connectivity index (χ3v) is 3.78. The van der Waals surface area contributed by atoms with Crippen LogP contribution < -0.4 is 15.4 Å². The number of pyridine rings is 2. The van der Waals surface area contributed by atoms with Gasteiger partial charge >= 0.3 is 0 Å². The number of methoxy groups -OCH3 is 1. The van der Waals surface area contributed by atoms with E-state index in [1.54, 1.807) is 25.6 Å². The average molecular weight is 367 g/mol. The molecule has 0 radical (unpaired) electrons. The molecule has 0 fully saturated rings. The second kappa shape index (κ2) is 8.86. The predicted octanol–water partition coefficient (Wildman–Crippen LogP) is 2.26. The fourth-order valence-electron chi connectivity index (χ4n) is 2.23. The van der Waals surface area contributed by atoms with Crippen LogP contribution in [0.3, 0.4) is 0 Å². The Morgan fingerprint density at radius 2 is 2.04 bits per heavy atom. The molecule has 0 aliphatic heterocycles. The van der Waals surface area contributed by atoms with Crippen molar-refractivity contribution in [2.75, 3.05) is 24.3 Å². The number of nitrogens with zero attached hydrogens (tertiary/aromatic N) is 5. The minimum atomic E-state index is -0.415. The first-order valence-corrected chi connectivity index (χ1v) is 8.52. The summed E-state index contributed by atoms with van der Waals surface area (Å²) in [5.41, 5.74) is 1.52. The molecule has 1 unspecified atom stereocenters. The maximum Gasteiger partial charge on any atom is 0.230 e. The van der Waals surface area contributed by atoms with E-state index in [-0.39, 0.29) is 0 Å². The molecule has 3 aromatic rings. The Bertz CT molecular complexity index is 874. The van der Waals surface area contributed by atoms with Gasteiger partial charge in [-0.3, -0.25) is 0 Å². The summed E-state index contributed by atoms with van der Waals surface area (Å²) in [4.78, 5) is 21.2. The van der Waals surface area contributed by atoms with E-state index in [0.717, 1.165) is 11.3 Å². The number of anilines is 3. The van der Waals surface area contributed by atoms with E-state index >= 15 is 0 Å². The molecule has 27 heavy (non-hydrogen) atoms. The monoisotopic (exact) mass is 367 g/mol. The first-order chi connectivity index (χ1) is 13.2. The fourth-order valence-corrected chi connectivity index (χ4v) is 2.23. The van der Waals surface area contributed by atoms with Gasteiger partial charge in [0, 0.05) is 24.4 Å². The molecule has 0 saturated carbocycles. The summed E-state index contributed by atoms with van der Waals surface area (Å²) in [7, 11) is 1.56. The van der Waals surface area contributed by atoms with Crippen LogP contribution in [0, 0.1) is 0 Å². The van der Waals surface area contributed by atoms with Crippen molar-refractivity contribution in [1.29, 1.82) is 0 Å². The van der Waals surface area contributed by atoms with Crippen LogP contribution in [-0.4, -0.2) is 49.8 Å². The molecule has 0 amide bonds. The molecule has 140 valence electrons. The average Bonchev–Trinajstić information content (AvgIpc) is 2.73. The molecule has 3 heterocycles. The summed E-state index contributed by atoms with van der Waals surface area (Å²) in [6.07, 6.45) is 5.00. The van der Waals surface area contributed by atoms with E-state index in [0.29, 0.717) is 36.4 Å². The van der Waals surface area contributed by atoms with Gasteiger partial charge < -0.3 is 20.5 Å². The molecule has 0 aliphatic rings. The van der Waals surface area contributed by atoms with Crippen LogP contribution in [0.4, 0.5) is 17.5 Å². The van der Waals surface area contributed by atoms with Gasteiger partial charge in [-0.1, -0.05) is 6.92 Å². The number of hydrogen-bond acceptors (Lipinski definition) is 9. The van der Waals surface area contributed by atoms with Crippen molar-refractivity contribution >= 4 is 17.5 Å². The van der Waals surface area contributed by atoms with Gasteiger partial charge in [0.25, 0.3) is 0 Å². The molecule has 0 spiro atoms. The van der Waals surface area contributed by atoms with Gasteiger partial charge in [0.15, 0.2) is 5.82 Å². The molecule has 3 N–H and O–H groups in total. The summed E-state index contributed by atoms with van der Waals surface area (Å²) in [5, 5.41) is 15.9. The smallest absolute Gasteiger partial charge is 0.230 e. The van der Waals surface area contributed by atoms with Crippen molar-refractivity contribution in [2.45, 2.75) is 19.4 Å². The van der Waals surface area contributed by atoms with Crippen LogP contribution in [-0.2, 0) is 0 Å². The zero-order valence-electron chi connectivity index (χ0n) is 15.1. The van der Waals surface area contributed by atoms with Gasteiger partial charge in [0.05, 0.1) is 25.1 Å². The number of rotatable bonds is 8. The predicted molar refractivity (Wildman–Crippen MR) is 102 cm³/mol. The highest BCUT2D eigenvalue weighted by Gasteiger charge is 2.07. The van der Waals surface area contributed by atoms with Crippen LogP contribution >= 0.6 is 0 Å². The lowest BCUT2D eigenvalue weighted by Crippen LogP contribution is -2.18. The van der Waals surface area contributed by atoms with E-state index in [4.69, 9.17) is 4.74 Å². The Labute approximate surface area is 156 Å². The number of aliphatic hydroxyl groups is 1. The summed E-state index contributed by atoms with van der Waals surface area (Å²) < 4.78 is 5.04.